The van der Waals surface area contributed by atoms with E-state index in [1.165, 1.54) is 19.2 Å². The summed E-state index contributed by atoms with van der Waals surface area (Å²) in [6.07, 6.45) is 0. The molecule has 3 N–H and O–H groups in total. The lowest BCUT2D eigenvalue weighted by Gasteiger charge is -2.29. The molecule has 102 valence electrons. The third kappa shape index (κ3) is 3.11. The van der Waals surface area contributed by atoms with Crippen LogP contribution in [0.15, 0.2) is 18.2 Å². The number of ether oxygens (including phenoxy) is 1. The van der Waals surface area contributed by atoms with Crippen LogP contribution in [0, 0.1) is 11.2 Å². The minimum atomic E-state index is -1.05. The van der Waals surface area contributed by atoms with Gasteiger partial charge in [-0.1, -0.05) is 6.07 Å². The number of nitrogens with two attached hydrogens (primary N) is 1. The SMILES string of the molecule is COC(=O)C(C)(C)[C@@H](N)c1ccc(O)cc1F.Cl. The molecule has 1 aromatic carbocycles. The molecule has 0 unspecified atom stereocenters. The summed E-state index contributed by atoms with van der Waals surface area (Å²) in [4.78, 5) is 11.6. The van der Waals surface area contributed by atoms with Crippen molar-refractivity contribution in [3.63, 3.8) is 0 Å². The highest BCUT2D eigenvalue weighted by molar-refractivity contribution is 5.85. The van der Waals surface area contributed by atoms with Crippen molar-refractivity contribution >= 4 is 18.4 Å². The van der Waals surface area contributed by atoms with Gasteiger partial charge < -0.3 is 15.6 Å². The van der Waals surface area contributed by atoms with Crippen LogP contribution in [0.1, 0.15) is 25.5 Å². The zero-order valence-corrected chi connectivity index (χ0v) is 11.3. The van der Waals surface area contributed by atoms with Crippen LogP contribution >= 0.6 is 12.4 Å². The van der Waals surface area contributed by atoms with Crippen molar-refractivity contribution in [2.75, 3.05) is 7.11 Å². The Balaban J connectivity index is 0.00000289. The Bertz CT molecular complexity index is 437. The molecule has 18 heavy (non-hydrogen) atoms. The topological polar surface area (TPSA) is 72.5 Å². The highest BCUT2D eigenvalue weighted by Crippen LogP contribution is 2.34. The predicted molar refractivity (Wildman–Crippen MR) is 68.0 cm³/mol. The number of carbonyl (C=O) groups excluding carboxylic acids is 1. The normalized spacial score (nSPS) is 12.5. The lowest BCUT2D eigenvalue weighted by atomic mass is 9.81. The maximum Gasteiger partial charge on any atom is 0.313 e. The fourth-order valence-corrected chi connectivity index (χ4v) is 1.55. The summed E-state index contributed by atoms with van der Waals surface area (Å²) in [7, 11) is 1.25. The third-order valence-corrected chi connectivity index (χ3v) is 2.81. The minimum Gasteiger partial charge on any atom is -0.508 e. The molecule has 1 atom stereocenters. The summed E-state index contributed by atoms with van der Waals surface area (Å²) in [6, 6.07) is 2.80. The molecule has 0 aliphatic heterocycles. The molecule has 6 heteroatoms. The van der Waals surface area contributed by atoms with Gasteiger partial charge in [-0.15, -0.1) is 12.4 Å². The largest absolute Gasteiger partial charge is 0.508 e. The Kier molecular flexibility index (Phi) is 5.57. The maximum absolute atomic E-state index is 13.6. The van der Waals surface area contributed by atoms with Crippen LogP contribution in [0.3, 0.4) is 0 Å². The van der Waals surface area contributed by atoms with Crippen LogP contribution in [0.2, 0.25) is 0 Å². The van der Waals surface area contributed by atoms with Gasteiger partial charge in [0.25, 0.3) is 0 Å². The van der Waals surface area contributed by atoms with Gasteiger partial charge in [0.05, 0.1) is 12.5 Å². The summed E-state index contributed by atoms with van der Waals surface area (Å²) in [5.74, 6) is -1.35. The van der Waals surface area contributed by atoms with E-state index in [0.29, 0.717) is 0 Å². The molecule has 0 aliphatic rings. The number of aromatic hydroxyl groups is 1. The number of hydrogen-bond donors (Lipinski definition) is 2. The number of carbonyl (C=O) groups is 1. The Morgan fingerprint density at radius 3 is 2.50 bits per heavy atom. The summed E-state index contributed by atoms with van der Waals surface area (Å²) in [6.45, 7) is 3.16. The van der Waals surface area contributed by atoms with Gasteiger partial charge >= 0.3 is 5.97 Å². The Hall–Kier alpha value is -1.33. The summed E-state index contributed by atoms with van der Waals surface area (Å²) >= 11 is 0. The van der Waals surface area contributed by atoms with E-state index >= 15 is 0 Å². The van der Waals surface area contributed by atoms with E-state index in [1.807, 2.05) is 0 Å². The number of phenolic OH excluding ortho intramolecular Hbond substituents is 1. The van der Waals surface area contributed by atoms with Gasteiger partial charge in [-0.3, -0.25) is 4.79 Å². The number of phenols is 1. The Labute approximate surface area is 111 Å². The van der Waals surface area contributed by atoms with Gasteiger partial charge in [-0.2, -0.15) is 0 Å². The van der Waals surface area contributed by atoms with Crippen molar-refractivity contribution in [2.24, 2.45) is 11.1 Å². The van der Waals surface area contributed by atoms with E-state index in [0.717, 1.165) is 6.07 Å². The van der Waals surface area contributed by atoms with Gasteiger partial charge in [0, 0.05) is 17.7 Å². The highest BCUT2D eigenvalue weighted by atomic mass is 35.5. The first-order chi connectivity index (χ1) is 7.80. The number of benzene rings is 1. The first-order valence-corrected chi connectivity index (χ1v) is 5.13. The molecule has 0 aliphatic carbocycles. The molecule has 0 saturated carbocycles. The number of rotatable bonds is 3. The third-order valence-electron chi connectivity index (χ3n) is 2.81. The van der Waals surface area contributed by atoms with E-state index in [-0.39, 0.29) is 23.7 Å². The van der Waals surface area contributed by atoms with Crippen molar-refractivity contribution in [1.82, 2.24) is 0 Å². The number of esters is 1. The second-order valence-corrected chi connectivity index (χ2v) is 4.40. The molecule has 0 heterocycles. The zero-order chi connectivity index (χ0) is 13.2. The molecule has 0 fully saturated rings. The number of halogens is 2. The van der Waals surface area contributed by atoms with E-state index in [2.05, 4.69) is 4.74 Å². The lowest BCUT2D eigenvalue weighted by molar-refractivity contribution is -0.152. The van der Waals surface area contributed by atoms with Crippen LogP contribution in [-0.4, -0.2) is 18.2 Å². The molecular weight excluding hydrogens is 261 g/mol. The second kappa shape index (κ2) is 6.02. The van der Waals surface area contributed by atoms with E-state index in [1.54, 1.807) is 13.8 Å². The van der Waals surface area contributed by atoms with Crippen molar-refractivity contribution < 1.29 is 19.0 Å². The smallest absolute Gasteiger partial charge is 0.313 e. The van der Waals surface area contributed by atoms with E-state index in [4.69, 9.17) is 10.8 Å². The molecule has 0 saturated heterocycles. The van der Waals surface area contributed by atoms with Crippen molar-refractivity contribution in [2.45, 2.75) is 19.9 Å². The van der Waals surface area contributed by atoms with Crippen LogP contribution < -0.4 is 5.73 Å². The number of hydrogen-bond acceptors (Lipinski definition) is 4. The molecule has 0 aromatic heterocycles. The predicted octanol–water partition coefficient (Wildman–Crippen LogP) is 2.15. The molecular formula is C12H17ClFNO3. The minimum absolute atomic E-state index is 0. The van der Waals surface area contributed by atoms with Crippen LogP contribution in [0.5, 0.6) is 5.75 Å². The average molecular weight is 278 g/mol. The van der Waals surface area contributed by atoms with E-state index in [9.17, 15) is 9.18 Å². The summed E-state index contributed by atoms with van der Waals surface area (Å²) in [5.41, 5.74) is 4.99. The van der Waals surface area contributed by atoms with Crippen molar-refractivity contribution in [3.8, 4) is 5.75 Å². The zero-order valence-electron chi connectivity index (χ0n) is 10.4. The standard InChI is InChI=1S/C12H16FNO3.ClH/c1-12(2,11(16)17-3)10(14)8-5-4-7(15)6-9(8)13;/h4-6,10,15H,14H2,1-3H3;1H/t10-;/m0./s1. The Morgan fingerprint density at radius 2 is 2.06 bits per heavy atom. The highest BCUT2D eigenvalue weighted by Gasteiger charge is 2.37. The van der Waals surface area contributed by atoms with Crippen LogP contribution in [0.25, 0.3) is 0 Å². The van der Waals surface area contributed by atoms with Gasteiger partial charge in [-0.25, -0.2) is 4.39 Å². The van der Waals surface area contributed by atoms with Crippen molar-refractivity contribution in [3.05, 3.63) is 29.6 Å². The molecule has 4 nitrogen and oxygen atoms in total. The molecule has 1 aromatic rings. The quantitative estimate of drug-likeness (QED) is 0.831. The molecule has 1 rings (SSSR count). The molecule has 0 amide bonds. The second-order valence-electron chi connectivity index (χ2n) is 4.40. The van der Waals surface area contributed by atoms with Crippen LogP contribution in [-0.2, 0) is 9.53 Å². The fraction of sp³-hybridized carbons (Fsp3) is 0.417. The van der Waals surface area contributed by atoms with Gasteiger partial charge in [0.2, 0.25) is 0 Å². The maximum atomic E-state index is 13.6. The fourth-order valence-electron chi connectivity index (χ4n) is 1.55. The van der Waals surface area contributed by atoms with E-state index < -0.39 is 23.2 Å². The molecule has 0 bridgehead atoms. The number of methoxy groups -OCH3 is 1. The summed E-state index contributed by atoms with van der Waals surface area (Å²) in [5, 5.41) is 9.11. The first kappa shape index (κ1) is 16.7. The monoisotopic (exact) mass is 277 g/mol. The first-order valence-electron chi connectivity index (χ1n) is 5.13. The Morgan fingerprint density at radius 1 is 1.50 bits per heavy atom. The van der Waals surface area contributed by atoms with Crippen LogP contribution in [0.4, 0.5) is 4.39 Å². The molecule has 0 spiro atoms. The van der Waals surface area contributed by atoms with Crippen molar-refractivity contribution in [1.29, 1.82) is 0 Å². The molecule has 0 radical (unpaired) electrons. The average Bonchev–Trinajstić information content (AvgIpc) is 2.27. The van der Waals surface area contributed by atoms with Gasteiger partial charge in [0.1, 0.15) is 11.6 Å². The van der Waals surface area contributed by atoms with Gasteiger partial charge in [0.15, 0.2) is 0 Å². The summed E-state index contributed by atoms with van der Waals surface area (Å²) < 4.78 is 18.2. The lowest BCUT2D eigenvalue weighted by Crippen LogP contribution is -2.37. The van der Waals surface area contributed by atoms with Gasteiger partial charge in [-0.05, 0) is 19.9 Å².